The van der Waals surface area contributed by atoms with E-state index in [0.717, 1.165) is 12.8 Å². The molecule has 0 radical (unpaired) electrons. The number of nitrogens with one attached hydrogen (secondary N) is 1. The van der Waals surface area contributed by atoms with Crippen LogP contribution in [0.3, 0.4) is 0 Å². The average Bonchev–Trinajstić information content (AvgIpc) is 2.76. The van der Waals surface area contributed by atoms with Crippen molar-refractivity contribution < 1.29 is 9.21 Å². The lowest BCUT2D eigenvalue weighted by Crippen LogP contribution is -2.32. The molecule has 110 valence electrons. The van der Waals surface area contributed by atoms with Gasteiger partial charge in [-0.1, -0.05) is 26.7 Å². The fourth-order valence-corrected chi connectivity index (χ4v) is 1.82. The molecule has 1 atom stereocenters. The Balaban J connectivity index is 0.00000324. The highest BCUT2D eigenvalue weighted by atomic mass is 35.5. The van der Waals surface area contributed by atoms with E-state index in [1.54, 1.807) is 6.07 Å². The van der Waals surface area contributed by atoms with Crippen LogP contribution in [-0.4, -0.2) is 11.9 Å². The lowest BCUT2D eigenvalue weighted by atomic mass is 10.0. The Morgan fingerprint density at radius 3 is 2.58 bits per heavy atom. The SMILES string of the molecule is CC(C)CCCC(C)NC(=O)c1coc(CN)c1.Cl. The molecule has 0 saturated heterocycles. The first-order chi connectivity index (χ1) is 8.52. The summed E-state index contributed by atoms with van der Waals surface area (Å²) in [4.78, 5) is 11.9. The largest absolute Gasteiger partial charge is 0.467 e. The quantitative estimate of drug-likeness (QED) is 0.810. The Morgan fingerprint density at radius 2 is 2.05 bits per heavy atom. The summed E-state index contributed by atoms with van der Waals surface area (Å²) in [5.41, 5.74) is 5.98. The van der Waals surface area contributed by atoms with Crippen LogP contribution in [0, 0.1) is 5.92 Å². The van der Waals surface area contributed by atoms with Gasteiger partial charge in [-0.15, -0.1) is 12.4 Å². The number of carbonyl (C=O) groups is 1. The third kappa shape index (κ3) is 6.64. The van der Waals surface area contributed by atoms with Crippen LogP contribution in [0.2, 0.25) is 0 Å². The normalized spacial score (nSPS) is 12.1. The van der Waals surface area contributed by atoms with Crippen molar-refractivity contribution in [1.29, 1.82) is 0 Å². The minimum absolute atomic E-state index is 0. The summed E-state index contributed by atoms with van der Waals surface area (Å²) in [5, 5.41) is 2.97. The van der Waals surface area contributed by atoms with Gasteiger partial charge >= 0.3 is 0 Å². The van der Waals surface area contributed by atoms with E-state index < -0.39 is 0 Å². The molecule has 1 unspecified atom stereocenters. The lowest BCUT2D eigenvalue weighted by Gasteiger charge is -2.13. The summed E-state index contributed by atoms with van der Waals surface area (Å²) in [5.74, 6) is 1.26. The van der Waals surface area contributed by atoms with E-state index in [9.17, 15) is 4.79 Å². The zero-order valence-corrected chi connectivity index (χ0v) is 12.8. The van der Waals surface area contributed by atoms with Crippen LogP contribution in [0.15, 0.2) is 16.7 Å². The Bertz CT molecular complexity index is 377. The predicted octanol–water partition coefficient (Wildman–Crippen LogP) is 3.10. The molecule has 3 N–H and O–H groups in total. The van der Waals surface area contributed by atoms with E-state index in [4.69, 9.17) is 10.2 Å². The first kappa shape index (κ1) is 18.0. The van der Waals surface area contributed by atoms with Gasteiger partial charge in [0.2, 0.25) is 0 Å². The Hall–Kier alpha value is -1.00. The molecule has 0 spiro atoms. The molecule has 0 aliphatic heterocycles. The molecule has 0 aromatic carbocycles. The van der Waals surface area contributed by atoms with Gasteiger partial charge in [0.25, 0.3) is 5.91 Å². The number of furan rings is 1. The molecule has 4 nitrogen and oxygen atoms in total. The Morgan fingerprint density at radius 1 is 1.37 bits per heavy atom. The topological polar surface area (TPSA) is 68.3 Å². The number of hydrogen-bond donors (Lipinski definition) is 2. The summed E-state index contributed by atoms with van der Waals surface area (Å²) in [7, 11) is 0. The van der Waals surface area contributed by atoms with E-state index in [1.165, 1.54) is 12.7 Å². The van der Waals surface area contributed by atoms with Crippen LogP contribution < -0.4 is 11.1 Å². The predicted molar refractivity (Wildman–Crippen MR) is 79.5 cm³/mol. The van der Waals surface area contributed by atoms with Crippen molar-refractivity contribution in [2.45, 2.75) is 52.6 Å². The molecule has 0 aliphatic rings. The smallest absolute Gasteiger partial charge is 0.254 e. The molecule has 0 fully saturated rings. The van der Waals surface area contributed by atoms with Gasteiger partial charge < -0.3 is 15.5 Å². The van der Waals surface area contributed by atoms with Gasteiger partial charge in [0.1, 0.15) is 12.0 Å². The highest BCUT2D eigenvalue weighted by Crippen LogP contribution is 2.10. The summed E-state index contributed by atoms with van der Waals surface area (Å²) in [6.07, 6.45) is 4.80. The highest BCUT2D eigenvalue weighted by Gasteiger charge is 2.12. The first-order valence-corrected chi connectivity index (χ1v) is 6.61. The second-order valence-corrected chi connectivity index (χ2v) is 5.21. The maximum Gasteiger partial charge on any atom is 0.254 e. The molecule has 1 rings (SSSR count). The van der Waals surface area contributed by atoms with Gasteiger partial charge in [-0.2, -0.15) is 0 Å². The molecule has 5 heteroatoms. The number of rotatable bonds is 7. The summed E-state index contributed by atoms with van der Waals surface area (Å²) in [6, 6.07) is 1.88. The van der Waals surface area contributed by atoms with Crippen LogP contribution in [0.1, 0.15) is 56.2 Å². The molecule has 1 amide bonds. The van der Waals surface area contributed by atoms with E-state index in [2.05, 4.69) is 19.2 Å². The van der Waals surface area contributed by atoms with Crippen molar-refractivity contribution >= 4 is 18.3 Å². The monoisotopic (exact) mass is 288 g/mol. The molecule has 0 bridgehead atoms. The maximum absolute atomic E-state index is 11.9. The van der Waals surface area contributed by atoms with Gasteiger partial charge in [-0.25, -0.2) is 0 Å². The van der Waals surface area contributed by atoms with Crippen molar-refractivity contribution in [3.63, 3.8) is 0 Å². The molecule has 19 heavy (non-hydrogen) atoms. The average molecular weight is 289 g/mol. The van der Waals surface area contributed by atoms with Crippen molar-refractivity contribution in [1.82, 2.24) is 5.32 Å². The molecule has 1 aromatic heterocycles. The van der Waals surface area contributed by atoms with Crippen LogP contribution in [0.25, 0.3) is 0 Å². The van der Waals surface area contributed by atoms with Gasteiger partial charge in [0.05, 0.1) is 12.1 Å². The number of halogens is 1. The maximum atomic E-state index is 11.9. The van der Waals surface area contributed by atoms with E-state index in [-0.39, 0.29) is 24.4 Å². The first-order valence-electron chi connectivity index (χ1n) is 6.61. The molecule has 1 aromatic rings. The molecule has 1 heterocycles. The zero-order valence-electron chi connectivity index (χ0n) is 11.9. The Labute approximate surface area is 121 Å². The fraction of sp³-hybridized carbons (Fsp3) is 0.643. The van der Waals surface area contributed by atoms with Gasteiger partial charge in [-0.3, -0.25) is 4.79 Å². The minimum atomic E-state index is -0.0875. The molecular formula is C14H25ClN2O2. The fourth-order valence-electron chi connectivity index (χ4n) is 1.82. The summed E-state index contributed by atoms with van der Waals surface area (Å²) in [6.45, 7) is 6.77. The van der Waals surface area contributed by atoms with Gasteiger partial charge in [0, 0.05) is 6.04 Å². The second-order valence-electron chi connectivity index (χ2n) is 5.21. The van der Waals surface area contributed by atoms with Crippen LogP contribution in [-0.2, 0) is 6.54 Å². The third-order valence-electron chi connectivity index (χ3n) is 2.91. The number of hydrogen-bond acceptors (Lipinski definition) is 3. The number of amides is 1. The molecule has 0 aliphatic carbocycles. The van der Waals surface area contributed by atoms with Gasteiger partial charge in [-0.05, 0) is 25.3 Å². The third-order valence-corrected chi connectivity index (χ3v) is 2.91. The van der Waals surface area contributed by atoms with Crippen molar-refractivity contribution in [3.05, 3.63) is 23.7 Å². The second kappa shape index (κ2) is 8.99. The molecular weight excluding hydrogens is 264 g/mol. The van der Waals surface area contributed by atoms with Crippen molar-refractivity contribution in [2.75, 3.05) is 0 Å². The number of nitrogens with two attached hydrogens (primary N) is 1. The van der Waals surface area contributed by atoms with Crippen LogP contribution in [0.4, 0.5) is 0 Å². The van der Waals surface area contributed by atoms with Crippen LogP contribution >= 0.6 is 12.4 Å². The lowest BCUT2D eigenvalue weighted by molar-refractivity contribution is 0.0937. The van der Waals surface area contributed by atoms with E-state index in [0.29, 0.717) is 23.8 Å². The zero-order chi connectivity index (χ0) is 13.5. The van der Waals surface area contributed by atoms with Crippen molar-refractivity contribution in [3.8, 4) is 0 Å². The molecule has 0 saturated carbocycles. The van der Waals surface area contributed by atoms with Crippen molar-refractivity contribution in [2.24, 2.45) is 11.7 Å². The summed E-state index contributed by atoms with van der Waals surface area (Å²) < 4.78 is 5.14. The summed E-state index contributed by atoms with van der Waals surface area (Å²) >= 11 is 0. The minimum Gasteiger partial charge on any atom is -0.467 e. The van der Waals surface area contributed by atoms with Gasteiger partial charge in [0.15, 0.2) is 0 Å². The highest BCUT2D eigenvalue weighted by molar-refractivity contribution is 5.94. The standard InChI is InChI=1S/C14H24N2O2.ClH/c1-10(2)5-4-6-11(3)16-14(17)12-7-13(8-15)18-9-12;/h7,9-11H,4-6,8,15H2,1-3H3,(H,16,17);1H. The van der Waals surface area contributed by atoms with E-state index >= 15 is 0 Å². The number of carbonyl (C=O) groups excluding carboxylic acids is 1. The van der Waals surface area contributed by atoms with Crippen LogP contribution in [0.5, 0.6) is 0 Å². The Kier molecular flexibility index (Phi) is 8.52. The van der Waals surface area contributed by atoms with E-state index in [1.807, 2.05) is 6.92 Å².